The second-order valence-corrected chi connectivity index (χ2v) is 5.85. The summed E-state index contributed by atoms with van der Waals surface area (Å²) < 4.78 is 5.03. The maximum Gasteiger partial charge on any atom is 0.257 e. The molecule has 0 spiro atoms. The summed E-state index contributed by atoms with van der Waals surface area (Å²) in [5.41, 5.74) is 4.60. The number of carbonyl (C=O) groups excluding carboxylic acids is 1. The zero-order chi connectivity index (χ0) is 18.1. The van der Waals surface area contributed by atoms with Crippen molar-refractivity contribution in [2.45, 2.75) is 33.1 Å². The number of methoxy groups -OCH3 is 1. The van der Waals surface area contributed by atoms with Crippen LogP contribution in [0.3, 0.4) is 0 Å². The van der Waals surface area contributed by atoms with Gasteiger partial charge in [-0.1, -0.05) is 32.0 Å². The third kappa shape index (κ3) is 5.29. The predicted molar refractivity (Wildman–Crippen MR) is 102 cm³/mol. The fourth-order valence-electron chi connectivity index (χ4n) is 2.70. The quantitative estimate of drug-likeness (QED) is 0.679. The molecule has 1 aromatic carbocycles. The highest BCUT2D eigenvalue weighted by Gasteiger charge is 2.12. The molecule has 0 aliphatic heterocycles. The van der Waals surface area contributed by atoms with Gasteiger partial charge in [0.1, 0.15) is 0 Å². The number of amides is 1. The molecule has 1 amide bonds. The van der Waals surface area contributed by atoms with E-state index in [0.717, 1.165) is 48.3 Å². The summed E-state index contributed by atoms with van der Waals surface area (Å²) in [7, 11) is 1.69. The second kappa shape index (κ2) is 9.79. The Morgan fingerprint density at radius 2 is 1.88 bits per heavy atom. The minimum absolute atomic E-state index is 0.136. The highest BCUT2D eigenvalue weighted by molar-refractivity contribution is 6.05. The average Bonchev–Trinajstić information content (AvgIpc) is 2.65. The summed E-state index contributed by atoms with van der Waals surface area (Å²) in [4.78, 5) is 16.9. The first-order chi connectivity index (χ1) is 12.2. The Morgan fingerprint density at radius 3 is 2.52 bits per heavy atom. The third-order valence-electron chi connectivity index (χ3n) is 4.09. The zero-order valence-corrected chi connectivity index (χ0v) is 15.3. The molecule has 1 aromatic heterocycles. The summed E-state index contributed by atoms with van der Waals surface area (Å²) >= 11 is 0. The highest BCUT2D eigenvalue weighted by atomic mass is 16.5. The first-order valence-corrected chi connectivity index (χ1v) is 8.79. The Hall–Kier alpha value is -2.40. The van der Waals surface area contributed by atoms with Gasteiger partial charge in [0.25, 0.3) is 5.91 Å². The number of aromatic nitrogens is 1. The Labute approximate surface area is 149 Å². The molecule has 0 saturated carbocycles. The van der Waals surface area contributed by atoms with E-state index in [9.17, 15) is 4.79 Å². The number of nitrogens with one attached hydrogen (secondary N) is 2. The van der Waals surface area contributed by atoms with E-state index in [0.29, 0.717) is 12.2 Å². The van der Waals surface area contributed by atoms with Gasteiger partial charge in [0.05, 0.1) is 11.3 Å². The van der Waals surface area contributed by atoms with Crippen molar-refractivity contribution < 1.29 is 9.53 Å². The second-order valence-electron chi connectivity index (χ2n) is 5.85. The fraction of sp³-hybridized carbons (Fsp3) is 0.400. The average molecular weight is 341 g/mol. The summed E-state index contributed by atoms with van der Waals surface area (Å²) in [5, 5.41) is 6.34. The van der Waals surface area contributed by atoms with Crippen LogP contribution in [0, 0.1) is 0 Å². The van der Waals surface area contributed by atoms with Crippen LogP contribution in [0.4, 0.5) is 11.4 Å². The van der Waals surface area contributed by atoms with Crippen molar-refractivity contribution in [3.63, 3.8) is 0 Å². The molecule has 0 unspecified atom stereocenters. The molecule has 0 saturated heterocycles. The first kappa shape index (κ1) is 18.9. The van der Waals surface area contributed by atoms with Crippen molar-refractivity contribution in [2.24, 2.45) is 0 Å². The summed E-state index contributed by atoms with van der Waals surface area (Å²) in [5.74, 6) is -0.136. The number of ether oxygens (including phenoxy) is 1. The molecule has 0 atom stereocenters. The molecule has 1 heterocycles. The number of rotatable bonds is 9. The highest BCUT2D eigenvalue weighted by Crippen LogP contribution is 2.23. The van der Waals surface area contributed by atoms with Gasteiger partial charge in [0, 0.05) is 38.3 Å². The SMILES string of the molecule is CCc1cccc(CC)c1NC(=O)c1cncc(NCCCOC)c1. The van der Waals surface area contributed by atoms with Crippen molar-refractivity contribution in [1.82, 2.24) is 4.98 Å². The first-order valence-electron chi connectivity index (χ1n) is 8.79. The lowest BCUT2D eigenvalue weighted by Gasteiger charge is -2.14. The molecule has 0 fully saturated rings. The Balaban J connectivity index is 2.11. The van der Waals surface area contributed by atoms with E-state index >= 15 is 0 Å². The van der Waals surface area contributed by atoms with Crippen LogP contribution in [-0.2, 0) is 17.6 Å². The lowest BCUT2D eigenvalue weighted by molar-refractivity contribution is 0.102. The van der Waals surface area contributed by atoms with Gasteiger partial charge in [-0.15, -0.1) is 0 Å². The van der Waals surface area contributed by atoms with Crippen LogP contribution < -0.4 is 10.6 Å². The molecule has 0 bridgehead atoms. The van der Waals surface area contributed by atoms with E-state index in [2.05, 4.69) is 41.6 Å². The number of carbonyl (C=O) groups is 1. The minimum Gasteiger partial charge on any atom is -0.385 e. The molecule has 25 heavy (non-hydrogen) atoms. The largest absolute Gasteiger partial charge is 0.385 e. The lowest BCUT2D eigenvalue weighted by Crippen LogP contribution is -2.15. The third-order valence-corrected chi connectivity index (χ3v) is 4.09. The molecule has 0 radical (unpaired) electrons. The van der Waals surface area contributed by atoms with Crippen molar-refractivity contribution in [1.29, 1.82) is 0 Å². The topological polar surface area (TPSA) is 63.2 Å². The number of benzene rings is 1. The number of hydrogen-bond donors (Lipinski definition) is 2. The smallest absolute Gasteiger partial charge is 0.257 e. The monoisotopic (exact) mass is 341 g/mol. The van der Waals surface area contributed by atoms with Crippen LogP contribution in [0.2, 0.25) is 0 Å². The van der Waals surface area contributed by atoms with Gasteiger partial charge in [-0.05, 0) is 36.5 Å². The van der Waals surface area contributed by atoms with Gasteiger partial charge in [-0.25, -0.2) is 0 Å². The van der Waals surface area contributed by atoms with E-state index < -0.39 is 0 Å². The van der Waals surface area contributed by atoms with Gasteiger partial charge in [0.2, 0.25) is 0 Å². The molecular formula is C20H27N3O2. The normalized spacial score (nSPS) is 10.5. The predicted octanol–water partition coefficient (Wildman–Crippen LogP) is 3.91. The van der Waals surface area contributed by atoms with Crippen LogP contribution in [0.5, 0.6) is 0 Å². The van der Waals surface area contributed by atoms with Gasteiger partial charge >= 0.3 is 0 Å². The number of nitrogens with zero attached hydrogens (tertiary/aromatic N) is 1. The van der Waals surface area contributed by atoms with Crippen molar-refractivity contribution in [3.8, 4) is 0 Å². The number of hydrogen-bond acceptors (Lipinski definition) is 4. The van der Waals surface area contributed by atoms with Crippen LogP contribution >= 0.6 is 0 Å². The molecular weight excluding hydrogens is 314 g/mol. The van der Waals surface area contributed by atoms with Crippen LogP contribution in [-0.4, -0.2) is 31.2 Å². The van der Waals surface area contributed by atoms with Crippen molar-refractivity contribution >= 4 is 17.3 Å². The van der Waals surface area contributed by atoms with E-state index in [1.165, 1.54) is 0 Å². The Bertz CT molecular complexity index is 679. The van der Waals surface area contributed by atoms with Crippen LogP contribution in [0.1, 0.15) is 41.8 Å². The number of pyridine rings is 1. The molecule has 2 N–H and O–H groups in total. The van der Waals surface area contributed by atoms with Gasteiger partial charge in [-0.3, -0.25) is 9.78 Å². The molecule has 0 aliphatic carbocycles. The standard InChI is InChI=1S/C20H27N3O2/c1-4-15-8-6-9-16(5-2)19(15)23-20(24)17-12-18(14-21-13-17)22-10-7-11-25-3/h6,8-9,12-14,22H,4-5,7,10-11H2,1-3H3,(H,23,24). The van der Waals surface area contributed by atoms with Crippen molar-refractivity contribution in [3.05, 3.63) is 53.3 Å². The van der Waals surface area contributed by atoms with Gasteiger partial charge < -0.3 is 15.4 Å². The summed E-state index contributed by atoms with van der Waals surface area (Å²) in [6, 6.07) is 7.98. The van der Waals surface area contributed by atoms with E-state index in [1.807, 2.05) is 12.1 Å². The maximum absolute atomic E-state index is 12.7. The number of aryl methyl sites for hydroxylation is 2. The Morgan fingerprint density at radius 1 is 1.16 bits per heavy atom. The fourth-order valence-corrected chi connectivity index (χ4v) is 2.70. The maximum atomic E-state index is 12.7. The molecule has 5 nitrogen and oxygen atoms in total. The van der Waals surface area contributed by atoms with Crippen molar-refractivity contribution in [2.75, 3.05) is 30.9 Å². The van der Waals surface area contributed by atoms with E-state index in [-0.39, 0.29) is 5.91 Å². The molecule has 2 aromatic rings. The minimum atomic E-state index is -0.136. The molecule has 134 valence electrons. The summed E-state index contributed by atoms with van der Waals surface area (Å²) in [6.45, 7) is 5.67. The Kier molecular flexibility index (Phi) is 7.41. The van der Waals surface area contributed by atoms with E-state index in [1.54, 1.807) is 19.5 Å². The zero-order valence-electron chi connectivity index (χ0n) is 15.3. The lowest BCUT2D eigenvalue weighted by atomic mass is 10.0. The number of para-hydroxylation sites is 1. The van der Waals surface area contributed by atoms with Crippen LogP contribution in [0.25, 0.3) is 0 Å². The van der Waals surface area contributed by atoms with Gasteiger partial charge in [-0.2, -0.15) is 0 Å². The van der Waals surface area contributed by atoms with Gasteiger partial charge in [0.15, 0.2) is 0 Å². The molecule has 5 heteroatoms. The molecule has 2 rings (SSSR count). The molecule has 0 aliphatic rings. The summed E-state index contributed by atoms with van der Waals surface area (Å²) in [6.07, 6.45) is 5.97. The van der Waals surface area contributed by atoms with E-state index in [4.69, 9.17) is 4.74 Å². The number of anilines is 2. The van der Waals surface area contributed by atoms with Crippen LogP contribution in [0.15, 0.2) is 36.7 Å².